The molecule has 0 atom stereocenters. The molecule has 0 spiro atoms. The van der Waals surface area contributed by atoms with Crippen molar-refractivity contribution in [2.45, 2.75) is 33.4 Å². The van der Waals surface area contributed by atoms with Gasteiger partial charge in [-0.05, 0) is 18.6 Å². The summed E-state index contributed by atoms with van der Waals surface area (Å²) < 4.78 is 2.06. The number of aryl methyl sites for hydroxylation is 1. The molecule has 2 N–H and O–H groups in total. The summed E-state index contributed by atoms with van der Waals surface area (Å²) in [6.07, 6.45) is 4.47. The first-order valence-electron chi connectivity index (χ1n) is 9.03. The third-order valence-corrected chi connectivity index (χ3v) is 4.13. The van der Waals surface area contributed by atoms with E-state index in [1.807, 2.05) is 18.3 Å². The van der Waals surface area contributed by atoms with Crippen LogP contribution in [-0.2, 0) is 19.5 Å². The first-order chi connectivity index (χ1) is 12.8. The Kier molecular flexibility index (Phi) is 6.14. The van der Waals surface area contributed by atoms with Crippen molar-refractivity contribution in [2.75, 3.05) is 13.1 Å². The van der Waals surface area contributed by atoms with E-state index < -0.39 is 0 Å². The Morgan fingerprint density at radius 3 is 2.88 bits per heavy atom. The van der Waals surface area contributed by atoms with Crippen LogP contribution in [-0.4, -0.2) is 38.8 Å². The summed E-state index contributed by atoms with van der Waals surface area (Å²) >= 11 is 0. The van der Waals surface area contributed by atoms with Crippen LogP contribution in [0.5, 0.6) is 0 Å². The highest BCUT2D eigenvalue weighted by atomic mass is 15.3. The van der Waals surface area contributed by atoms with Crippen LogP contribution in [0, 0.1) is 0 Å². The molecule has 1 aromatic carbocycles. The quantitative estimate of drug-likeness (QED) is 0.504. The maximum atomic E-state index is 4.71. The van der Waals surface area contributed by atoms with E-state index in [4.69, 9.17) is 4.99 Å². The Hall–Kier alpha value is -2.96. The zero-order valence-corrected chi connectivity index (χ0v) is 15.3. The second kappa shape index (κ2) is 8.94. The third kappa shape index (κ3) is 4.36. The molecule has 0 radical (unpaired) electrons. The summed E-state index contributed by atoms with van der Waals surface area (Å²) in [7, 11) is 0. The Labute approximate surface area is 153 Å². The molecule has 0 aliphatic rings. The SMILES string of the molecule is CCNC(=NCc1cccc2cccnc12)NCCn1cnnc1CC. The fourth-order valence-corrected chi connectivity index (χ4v) is 2.84. The van der Waals surface area contributed by atoms with Crippen LogP contribution in [0.25, 0.3) is 10.9 Å². The van der Waals surface area contributed by atoms with Crippen LogP contribution >= 0.6 is 0 Å². The van der Waals surface area contributed by atoms with Crippen molar-refractivity contribution in [2.24, 2.45) is 4.99 Å². The van der Waals surface area contributed by atoms with E-state index in [1.165, 1.54) is 0 Å². The van der Waals surface area contributed by atoms with Crippen molar-refractivity contribution in [3.8, 4) is 0 Å². The molecule has 0 saturated carbocycles. The summed E-state index contributed by atoms with van der Waals surface area (Å²) in [5.41, 5.74) is 2.12. The third-order valence-electron chi connectivity index (χ3n) is 4.13. The number of benzene rings is 1. The van der Waals surface area contributed by atoms with E-state index in [0.29, 0.717) is 6.54 Å². The molecule has 0 aliphatic heterocycles. The van der Waals surface area contributed by atoms with Gasteiger partial charge in [0.25, 0.3) is 0 Å². The molecule has 0 bridgehead atoms. The molecular formula is C19H25N7. The van der Waals surface area contributed by atoms with E-state index in [1.54, 1.807) is 6.33 Å². The lowest BCUT2D eigenvalue weighted by atomic mass is 10.1. The van der Waals surface area contributed by atoms with Gasteiger partial charge in [-0.1, -0.05) is 31.2 Å². The van der Waals surface area contributed by atoms with Gasteiger partial charge in [-0.3, -0.25) is 4.98 Å². The molecule has 0 aliphatic carbocycles. The zero-order chi connectivity index (χ0) is 18.2. The van der Waals surface area contributed by atoms with E-state index >= 15 is 0 Å². The largest absolute Gasteiger partial charge is 0.357 e. The maximum absolute atomic E-state index is 4.71. The van der Waals surface area contributed by atoms with Crippen LogP contribution in [0.2, 0.25) is 0 Å². The number of fused-ring (bicyclic) bond motifs is 1. The van der Waals surface area contributed by atoms with Gasteiger partial charge >= 0.3 is 0 Å². The molecule has 3 rings (SSSR count). The second-order valence-corrected chi connectivity index (χ2v) is 5.91. The van der Waals surface area contributed by atoms with Gasteiger partial charge in [-0.2, -0.15) is 0 Å². The predicted octanol–water partition coefficient (Wildman–Crippen LogP) is 2.14. The predicted molar refractivity (Wildman–Crippen MR) is 104 cm³/mol. The molecule has 26 heavy (non-hydrogen) atoms. The first-order valence-corrected chi connectivity index (χ1v) is 9.03. The minimum atomic E-state index is 0.580. The number of nitrogens with one attached hydrogen (secondary N) is 2. The van der Waals surface area contributed by atoms with Crippen molar-refractivity contribution in [1.82, 2.24) is 30.4 Å². The summed E-state index contributed by atoms with van der Waals surface area (Å²) in [5, 5.41) is 15.9. The lowest BCUT2D eigenvalue weighted by molar-refractivity contribution is 0.632. The highest BCUT2D eigenvalue weighted by molar-refractivity contribution is 5.83. The highest BCUT2D eigenvalue weighted by Gasteiger charge is 2.04. The van der Waals surface area contributed by atoms with Crippen molar-refractivity contribution in [3.05, 3.63) is 54.2 Å². The fraction of sp³-hybridized carbons (Fsp3) is 0.368. The molecule has 136 valence electrons. The van der Waals surface area contributed by atoms with Crippen LogP contribution in [0.4, 0.5) is 0 Å². The Balaban J connectivity index is 1.65. The van der Waals surface area contributed by atoms with Crippen LogP contribution < -0.4 is 10.6 Å². The van der Waals surface area contributed by atoms with Crippen LogP contribution in [0.15, 0.2) is 47.8 Å². The van der Waals surface area contributed by atoms with E-state index in [0.717, 1.165) is 54.3 Å². The van der Waals surface area contributed by atoms with Gasteiger partial charge in [-0.25, -0.2) is 4.99 Å². The van der Waals surface area contributed by atoms with Gasteiger partial charge in [0.05, 0.1) is 12.1 Å². The van der Waals surface area contributed by atoms with E-state index in [2.05, 4.69) is 62.4 Å². The molecule has 7 nitrogen and oxygen atoms in total. The lowest BCUT2D eigenvalue weighted by Gasteiger charge is -2.12. The summed E-state index contributed by atoms with van der Waals surface area (Å²) in [5.74, 6) is 1.79. The second-order valence-electron chi connectivity index (χ2n) is 5.91. The fourth-order valence-electron chi connectivity index (χ4n) is 2.84. The Morgan fingerprint density at radius 1 is 1.15 bits per heavy atom. The topological polar surface area (TPSA) is 80.0 Å². The number of aliphatic imine (C=N–C) groups is 1. The molecule has 3 aromatic rings. The van der Waals surface area contributed by atoms with Crippen LogP contribution in [0.1, 0.15) is 25.2 Å². The summed E-state index contributed by atoms with van der Waals surface area (Å²) in [6, 6.07) is 10.2. The van der Waals surface area contributed by atoms with Crippen molar-refractivity contribution < 1.29 is 0 Å². The minimum absolute atomic E-state index is 0.580. The minimum Gasteiger partial charge on any atom is -0.357 e. The average molecular weight is 351 g/mol. The normalized spacial score (nSPS) is 11.7. The van der Waals surface area contributed by atoms with Gasteiger partial charge in [0.1, 0.15) is 12.2 Å². The van der Waals surface area contributed by atoms with E-state index in [-0.39, 0.29) is 0 Å². The number of aromatic nitrogens is 4. The number of hydrogen-bond acceptors (Lipinski definition) is 4. The molecule has 2 heterocycles. The molecule has 0 fully saturated rings. The number of guanidine groups is 1. The molecule has 2 aromatic heterocycles. The monoisotopic (exact) mass is 351 g/mol. The number of hydrogen-bond donors (Lipinski definition) is 2. The average Bonchev–Trinajstić information content (AvgIpc) is 3.13. The molecular weight excluding hydrogens is 326 g/mol. The van der Waals surface area contributed by atoms with Crippen molar-refractivity contribution in [1.29, 1.82) is 0 Å². The number of pyridine rings is 1. The molecule has 0 unspecified atom stereocenters. The molecule has 7 heteroatoms. The number of para-hydroxylation sites is 1. The van der Waals surface area contributed by atoms with Crippen molar-refractivity contribution in [3.63, 3.8) is 0 Å². The first kappa shape index (κ1) is 17.8. The number of rotatable bonds is 7. The van der Waals surface area contributed by atoms with Gasteiger partial charge in [-0.15, -0.1) is 10.2 Å². The van der Waals surface area contributed by atoms with Gasteiger partial charge in [0, 0.05) is 37.6 Å². The lowest BCUT2D eigenvalue weighted by Crippen LogP contribution is -2.38. The molecule has 0 amide bonds. The number of nitrogens with zero attached hydrogens (tertiary/aromatic N) is 5. The van der Waals surface area contributed by atoms with Gasteiger partial charge in [0.2, 0.25) is 0 Å². The zero-order valence-electron chi connectivity index (χ0n) is 15.3. The van der Waals surface area contributed by atoms with E-state index in [9.17, 15) is 0 Å². The van der Waals surface area contributed by atoms with Gasteiger partial charge < -0.3 is 15.2 Å². The van der Waals surface area contributed by atoms with Crippen LogP contribution in [0.3, 0.4) is 0 Å². The maximum Gasteiger partial charge on any atom is 0.191 e. The standard InChI is InChI=1S/C19H25N7/c1-3-17-25-24-14-26(17)12-11-22-19(20-4-2)23-13-16-8-5-7-15-9-6-10-21-18(15)16/h5-10,14H,3-4,11-13H2,1-2H3,(H2,20,22,23). The van der Waals surface area contributed by atoms with Gasteiger partial charge in [0.15, 0.2) is 5.96 Å². The van der Waals surface area contributed by atoms with Crippen molar-refractivity contribution >= 4 is 16.9 Å². The smallest absolute Gasteiger partial charge is 0.191 e. The Bertz CT molecular complexity index is 864. The summed E-state index contributed by atoms with van der Waals surface area (Å²) in [4.78, 5) is 9.20. The highest BCUT2D eigenvalue weighted by Crippen LogP contribution is 2.16. The Morgan fingerprint density at radius 2 is 2.04 bits per heavy atom. The summed E-state index contributed by atoms with van der Waals surface area (Å²) in [6.45, 7) is 7.09. The molecule has 0 saturated heterocycles.